The van der Waals surface area contributed by atoms with Gasteiger partial charge in [-0.1, -0.05) is 27.7 Å². The van der Waals surface area contributed by atoms with E-state index < -0.39 is 11.9 Å². The molecule has 0 radical (unpaired) electrons. The zero-order valence-corrected chi connectivity index (χ0v) is 15.6. The van der Waals surface area contributed by atoms with Gasteiger partial charge in [0, 0.05) is 31.0 Å². The molecule has 1 atom stereocenters. The second-order valence-electron chi connectivity index (χ2n) is 7.89. The van der Waals surface area contributed by atoms with E-state index in [1.165, 1.54) is 0 Å². The minimum Gasteiger partial charge on any atom is -0.481 e. The maximum absolute atomic E-state index is 11.8. The summed E-state index contributed by atoms with van der Waals surface area (Å²) in [5.41, 5.74) is 4.55. The van der Waals surface area contributed by atoms with Gasteiger partial charge in [0.05, 0.1) is 19.1 Å². The van der Waals surface area contributed by atoms with Gasteiger partial charge in [-0.05, 0) is 11.8 Å². The molecule has 0 aromatic rings. The van der Waals surface area contributed by atoms with E-state index >= 15 is 0 Å². The first-order valence-electron chi connectivity index (χ1n) is 8.25. The number of nitrogens with two attached hydrogens (primary N) is 1. The normalized spacial score (nSPS) is 13.1. The number of hydrogen-bond donors (Lipinski definition) is 4. The molecule has 0 spiro atoms. The van der Waals surface area contributed by atoms with Crippen LogP contribution in [-0.2, 0) is 19.1 Å². The van der Waals surface area contributed by atoms with Gasteiger partial charge in [0.1, 0.15) is 0 Å². The molecule has 0 saturated heterocycles. The highest BCUT2D eigenvalue weighted by Gasteiger charge is 2.25. The van der Waals surface area contributed by atoms with Crippen LogP contribution in [0, 0.1) is 22.2 Å². The molecule has 0 aromatic carbocycles. The molecule has 0 bridgehead atoms. The van der Waals surface area contributed by atoms with Crippen molar-refractivity contribution in [1.82, 2.24) is 5.32 Å². The number of carboxylic acid groups (broad SMARTS) is 1. The van der Waals surface area contributed by atoms with Crippen LogP contribution in [0.1, 0.15) is 47.0 Å². The quantitative estimate of drug-likeness (QED) is 0.366. The average molecular weight is 357 g/mol. The zero-order valence-electron chi connectivity index (χ0n) is 15.6. The van der Waals surface area contributed by atoms with Crippen LogP contribution in [0.4, 0.5) is 0 Å². The third-order valence-corrected chi connectivity index (χ3v) is 3.60. The smallest absolute Gasteiger partial charge is 0.311 e. The molecular formula is C17H31N3O5. The minimum atomic E-state index is -1.10. The summed E-state index contributed by atoms with van der Waals surface area (Å²) in [5, 5.41) is 18.6. The Balaban J connectivity index is 4.18. The van der Waals surface area contributed by atoms with Crippen LogP contribution in [-0.4, -0.2) is 48.9 Å². The number of carbonyl (C=O) groups excluding carboxylic acids is 2. The predicted octanol–water partition coefficient (Wildman–Crippen LogP) is 1.18. The number of carbonyl (C=O) groups is 3. The predicted molar refractivity (Wildman–Crippen MR) is 94.3 cm³/mol. The Morgan fingerprint density at radius 1 is 1.20 bits per heavy atom. The number of amides is 2. The summed E-state index contributed by atoms with van der Waals surface area (Å²) in [6, 6.07) is 0. The Labute approximate surface area is 149 Å². The second-order valence-corrected chi connectivity index (χ2v) is 7.89. The standard InChI is InChI=1S/C17H31N3O5/c1-16(2,7-13(19)21)10-25-11-17(3,4)9-20-14(22)6-5-12(8-18)15(23)24/h8,12,18H,5-7,9-11H2,1-4H3,(H2,19,21)(H,20,22)(H,23,24)/t12-/m1/s1. The highest BCUT2D eigenvalue weighted by molar-refractivity contribution is 5.88. The van der Waals surface area contributed by atoms with Crippen molar-refractivity contribution in [3.8, 4) is 0 Å². The number of aliphatic carboxylic acids is 1. The summed E-state index contributed by atoms with van der Waals surface area (Å²) in [7, 11) is 0. The SMILES string of the molecule is CC(C)(CNC(=O)CC[C@H](C=N)C(=O)O)COCC(C)(C)CC(N)=O. The summed E-state index contributed by atoms with van der Waals surface area (Å²) < 4.78 is 5.68. The average Bonchev–Trinajstić information content (AvgIpc) is 2.43. The maximum atomic E-state index is 11.8. The summed E-state index contributed by atoms with van der Waals surface area (Å²) in [6.45, 7) is 8.83. The van der Waals surface area contributed by atoms with Crippen molar-refractivity contribution in [2.24, 2.45) is 22.5 Å². The lowest BCUT2D eigenvalue weighted by Crippen LogP contribution is -2.38. The first-order valence-corrected chi connectivity index (χ1v) is 8.25. The molecule has 2 amide bonds. The molecule has 0 heterocycles. The van der Waals surface area contributed by atoms with Gasteiger partial charge >= 0.3 is 5.97 Å². The van der Waals surface area contributed by atoms with Crippen molar-refractivity contribution in [2.45, 2.75) is 47.0 Å². The van der Waals surface area contributed by atoms with Crippen molar-refractivity contribution >= 4 is 24.0 Å². The molecule has 0 saturated carbocycles. The maximum Gasteiger partial charge on any atom is 0.311 e. The Kier molecular flexibility index (Phi) is 9.33. The van der Waals surface area contributed by atoms with E-state index in [0.717, 1.165) is 6.21 Å². The number of nitrogens with one attached hydrogen (secondary N) is 2. The first-order chi connectivity index (χ1) is 11.4. The lowest BCUT2D eigenvalue weighted by atomic mass is 9.89. The lowest BCUT2D eigenvalue weighted by Gasteiger charge is -2.28. The molecule has 0 aliphatic rings. The molecule has 8 nitrogen and oxygen atoms in total. The van der Waals surface area contributed by atoms with E-state index in [0.29, 0.717) is 19.8 Å². The highest BCUT2D eigenvalue weighted by atomic mass is 16.5. The van der Waals surface area contributed by atoms with Gasteiger partial charge < -0.3 is 26.3 Å². The van der Waals surface area contributed by atoms with Crippen molar-refractivity contribution in [3.63, 3.8) is 0 Å². The molecule has 0 fully saturated rings. The summed E-state index contributed by atoms with van der Waals surface area (Å²) in [5.74, 6) is -2.66. The van der Waals surface area contributed by atoms with Crippen LogP contribution in [0.5, 0.6) is 0 Å². The Bertz CT molecular complexity index is 489. The Morgan fingerprint density at radius 2 is 1.76 bits per heavy atom. The van der Waals surface area contributed by atoms with Gasteiger partial charge in [-0.25, -0.2) is 0 Å². The van der Waals surface area contributed by atoms with Gasteiger partial charge in [0.2, 0.25) is 11.8 Å². The van der Waals surface area contributed by atoms with Crippen molar-refractivity contribution < 1.29 is 24.2 Å². The third kappa shape index (κ3) is 11.3. The number of ether oxygens (including phenoxy) is 1. The van der Waals surface area contributed by atoms with Crippen LogP contribution >= 0.6 is 0 Å². The molecule has 0 aliphatic carbocycles. The van der Waals surface area contributed by atoms with Crippen LogP contribution in [0.3, 0.4) is 0 Å². The fraction of sp³-hybridized carbons (Fsp3) is 0.765. The number of rotatable bonds is 13. The molecule has 144 valence electrons. The van der Waals surface area contributed by atoms with Crippen LogP contribution < -0.4 is 11.1 Å². The first kappa shape index (κ1) is 23.0. The molecule has 0 rings (SSSR count). The largest absolute Gasteiger partial charge is 0.481 e. The van der Waals surface area contributed by atoms with E-state index in [4.69, 9.17) is 21.0 Å². The fourth-order valence-electron chi connectivity index (χ4n) is 2.17. The van der Waals surface area contributed by atoms with E-state index in [2.05, 4.69) is 5.32 Å². The highest BCUT2D eigenvalue weighted by Crippen LogP contribution is 2.22. The number of hydrogen-bond acceptors (Lipinski definition) is 5. The monoisotopic (exact) mass is 357 g/mol. The molecule has 0 aliphatic heterocycles. The van der Waals surface area contributed by atoms with Crippen molar-refractivity contribution in [1.29, 1.82) is 5.41 Å². The van der Waals surface area contributed by atoms with Gasteiger partial charge in [0.25, 0.3) is 0 Å². The molecule has 5 N–H and O–H groups in total. The van der Waals surface area contributed by atoms with Gasteiger partial charge in [-0.3, -0.25) is 14.4 Å². The molecule has 8 heteroatoms. The topological polar surface area (TPSA) is 143 Å². The minimum absolute atomic E-state index is 0.0505. The van der Waals surface area contributed by atoms with Crippen molar-refractivity contribution in [3.05, 3.63) is 0 Å². The lowest BCUT2D eigenvalue weighted by molar-refractivity contribution is -0.139. The third-order valence-electron chi connectivity index (χ3n) is 3.60. The summed E-state index contributed by atoms with van der Waals surface area (Å²) >= 11 is 0. The van der Waals surface area contributed by atoms with Crippen LogP contribution in [0.25, 0.3) is 0 Å². The van der Waals surface area contributed by atoms with E-state index in [1.54, 1.807) is 0 Å². The Morgan fingerprint density at radius 3 is 2.24 bits per heavy atom. The number of primary amides is 1. The molecule has 25 heavy (non-hydrogen) atoms. The van der Waals surface area contributed by atoms with E-state index in [9.17, 15) is 14.4 Å². The van der Waals surface area contributed by atoms with Gasteiger partial charge in [-0.2, -0.15) is 0 Å². The van der Waals surface area contributed by atoms with Crippen LogP contribution in [0.2, 0.25) is 0 Å². The molecular weight excluding hydrogens is 326 g/mol. The van der Waals surface area contributed by atoms with Gasteiger partial charge in [0.15, 0.2) is 0 Å². The van der Waals surface area contributed by atoms with E-state index in [1.807, 2.05) is 27.7 Å². The van der Waals surface area contributed by atoms with E-state index in [-0.39, 0.29) is 41.9 Å². The molecule has 0 aromatic heterocycles. The van der Waals surface area contributed by atoms with Crippen molar-refractivity contribution in [2.75, 3.05) is 19.8 Å². The zero-order chi connectivity index (χ0) is 19.7. The fourth-order valence-corrected chi connectivity index (χ4v) is 2.17. The van der Waals surface area contributed by atoms with Crippen LogP contribution in [0.15, 0.2) is 0 Å². The Hall–Kier alpha value is -1.96. The van der Waals surface area contributed by atoms with Gasteiger partial charge in [-0.15, -0.1) is 0 Å². The molecule has 0 unspecified atom stereocenters. The number of carboxylic acids is 1. The second kappa shape index (κ2) is 10.1. The summed E-state index contributed by atoms with van der Waals surface area (Å²) in [4.78, 5) is 33.6. The summed E-state index contributed by atoms with van der Waals surface area (Å²) in [6.07, 6.45) is 1.22.